The first-order valence-electron chi connectivity index (χ1n) is 9.63. The van der Waals surface area contributed by atoms with E-state index >= 15 is 0 Å². The Balaban J connectivity index is 1.77. The highest BCUT2D eigenvalue weighted by Gasteiger charge is 2.30. The van der Waals surface area contributed by atoms with E-state index in [1.807, 2.05) is 18.2 Å². The third-order valence-corrected chi connectivity index (χ3v) is 6.83. The summed E-state index contributed by atoms with van der Waals surface area (Å²) in [6, 6.07) is 9.23. The van der Waals surface area contributed by atoms with Crippen LogP contribution in [0.3, 0.4) is 0 Å². The number of nitrogens with zero attached hydrogens (tertiary/aromatic N) is 1. The summed E-state index contributed by atoms with van der Waals surface area (Å²) in [6.45, 7) is 0. The highest BCUT2D eigenvalue weighted by atomic mass is 32.1. The highest BCUT2D eigenvalue weighted by Crippen LogP contribution is 2.34. The number of rotatable bonds is 3. The van der Waals surface area contributed by atoms with Crippen molar-refractivity contribution in [2.24, 2.45) is 0 Å². The van der Waals surface area contributed by atoms with Crippen molar-refractivity contribution in [1.82, 2.24) is 0 Å². The lowest BCUT2D eigenvalue weighted by Gasteiger charge is -2.43. The molecule has 0 bridgehead atoms. The summed E-state index contributed by atoms with van der Waals surface area (Å²) in [5, 5.41) is 3.05. The molecule has 4 rings (SSSR count). The van der Waals surface area contributed by atoms with Crippen LogP contribution in [0.5, 0.6) is 0 Å². The molecule has 0 spiro atoms. The Morgan fingerprint density at radius 3 is 2.04 bits per heavy atom. The number of benzene rings is 1. The summed E-state index contributed by atoms with van der Waals surface area (Å²) in [5.74, 6) is 0. The van der Waals surface area contributed by atoms with Crippen molar-refractivity contribution >= 4 is 27.1 Å². The van der Waals surface area contributed by atoms with Crippen molar-refractivity contribution in [3.05, 3.63) is 39.9 Å². The second-order valence-electron chi connectivity index (χ2n) is 7.44. The molecule has 2 saturated carbocycles. The average Bonchev–Trinajstić information content (AvgIpc) is 2.66. The Morgan fingerprint density at radius 2 is 1.42 bits per heavy atom. The number of hydrogen-bond donors (Lipinski definition) is 0. The number of anilines is 1. The normalized spacial score (nSPS) is 20.3. The molecular formula is C21H27NOS. The van der Waals surface area contributed by atoms with Gasteiger partial charge in [-0.25, -0.2) is 0 Å². The van der Waals surface area contributed by atoms with Gasteiger partial charge in [0.2, 0.25) is 5.43 Å². The van der Waals surface area contributed by atoms with Crippen molar-refractivity contribution in [2.45, 2.75) is 76.3 Å². The fourth-order valence-electron chi connectivity index (χ4n) is 4.66. The quantitative estimate of drug-likeness (QED) is 0.710. The van der Waals surface area contributed by atoms with Crippen LogP contribution in [0.25, 0.3) is 10.1 Å². The predicted octanol–water partition coefficient (Wildman–Crippen LogP) is 5.73. The molecule has 2 aromatic rings. The van der Waals surface area contributed by atoms with Gasteiger partial charge in [-0.1, -0.05) is 50.7 Å². The van der Waals surface area contributed by atoms with E-state index in [0.29, 0.717) is 12.1 Å². The van der Waals surface area contributed by atoms with Crippen LogP contribution in [-0.4, -0.2) is 12.1 Å². The van der Waals surface area contributed by atoms with Gasteiger partial charge < -0.3 is 4.90 Å². The topological polar surface area (TPSA) is 20.3 Å². The molecule has 0 amide bonds. The summed E-state index contributed by atoms with van der Waals surface area (Å²) in [4.78, 5) is 15.8. The van der Waals surface area contributed by atoms with Crippen LogP contribution in [0.15, 0.2) is 34.4 Å². The highest BCUT2D eigenvalue weighted by molar-refractivity contribution is 7.16. The Labute approximate surface area is 148 Å². The van der Waals surface area contributed by atoms with Gasteiger partial charge in [0.05, 0.1) is 5.69 Å². The molecule has 2 nitrogen and oxygen atoms in total. The Kier molecular flexibility index (Phi) is 4.88. The zero-order chi connectivity index (χ0) is 16.4. The Morgan fingerprint density at radius 1 is 0.833 bits per heavy atom. The van der Waals surface area contributed by atoms with Gasteiger partial charge >= 0.3 is 0 Å². The van der Waals surface area contributed by atoms with Crippen LogP contribution < -0.4 is 10.3 Å². The largest absolute Gasteiger partial charge is 0.362 e. The average molecular weight is 342 g/mol. The summed E-state index contributed by atoms with van der Waals surface area (Å²) >= 11 is 1.73. The minimum Gasteiger partial charge on any atom is -0.362 e. The number of fused-ring (bicyclic) bond motifs is 1. The van der Waals surface area contributed by atoms with E-state index in [4.69, 9.17) is 0 Å². The van der Waals surface area contributed by atoms with Gasteiger partial charge in [-0.05, 0) is 37.8 Å². The maximum atomic E-state index is 13.2. The minimum atomic E-state index is 0.250. The zero-order valence-corrected chi connectivity index (χ0v) is 15.2. The van der Waals surface area contributed by atoms with Gasteiger partial charge in [0.1, 0.15) is 0 Å². The van der Waals surface area contributed by atoms with Crippen molar-refractivity contribution in [1.29, 1.82) is 0 Å². The molecule has 1 aromatic carbocycles. The fourth-order valence-corrected chi connectivity index (χ4v) is 5.57. The molecule has 2 aliphatic carbocycles. The van der Waals surface area contributed by atoms with Crippen LogP contribution in [0, 0.1) is 0 Å². The van der Waals surface area contributed by atoms with E-state index < -0.39 is 0 Å². The first kappa shape index (κ1) is 16.1. The van der Waals surface area contributed by atoms with Gasteiger partial charge in [0.25, 0.3) is 0 Å². The monoisotopic (exact) mass is 341 g/mol. The van der Waals surface area contributed by atoms with Gasteiger partial charge in [-0.15, -0.1) is 11.3 Å². The van der Waals surface area contributed by atoms with Crippen LogP contribution in [0.4, 0.5) is 5.69 Å². The van der Waals surface area contributed by atoms with Crippen molar-refractivity contribution in [3.8, 4) is 0 Å². The smallest absolute Gasteiger partial charge is 0.211 e. The Hall–Kier alpha value is -1.35. The molecule has 0 atom stereocenters. The third kappa shape index (κ3) is 3.11. The number of hydrogen-bond acceptors (Lipinski definition) is 3. The van der Waals surface area contributed by atoms with E-state index in [1.54, 1.807) is 11.3 Å². The Bertz CT molecular complexity index is 723. The summed E-state index contributed by atoms with van der Waals surface area (Å²) in [5.41, 5.74) is 1.23. The zero-order valence-electron chi connectivity index (χ0n) is 14.4. The van der Waals surface area contributed by atoms with E-state index in [1.165, 1.54) is 64.2 Å². The van der Waals surface area contributed by atoms with E-state index in [-0.39, 0.29) is 5.43 Å². The lowest BCUT2D eigenvalue weighted by atomic mass is 9.88. The molecular weight excluding hydrogens is 314 g/mol. The van der Waals surface area contributed by atoms with Crippen LogP contribution in [0.1, 0.15) is 64.2 Å². The van der Waals surface area contributed by atoms with Crippen LogP contribution in [-0.2, 0) is 0 Å². The van der Waals surface area contributed by atoms with Gasteiger partial charge in [0.15, 0.2) is 0 Å². The lowest BCUT2D eigenvalue weighted by Crippen LogP contribution is -2.47. The van der Waals surface area contributed by atoms with Gasteiger partial charge in [-0.2, -0.15) is 0 Å². The maximum absolute atomic E-state index is 13.2. The SMILES string of the molecule is O=c1c(N(C2CCCCC2)C2CCCCC2)csc2ccccc12. The molecule has 1 heterocycles. The molecule has 24 heavy (non-hydrogen) atoms. The molecule has 2 aliphatic rings. The summed E-state index contributed by atoms with van der Waals surface area (Å²) in [7, 11) is 0. The maximum Gasteiger partial charge on any atom is 0.211 e. The summed E-state index contributed by atoms with van der Waals surface area (Å²) in [6.07, 6.45) is 13.0. The predicted molar refractivity (Wildman–Crippen MR) is 104 cm³/mol. The van der Waals surface area contributed by atoms with Gasteiger partial charge in [0, 0.05) is 27.5 Å². The van der Waals surface area contributed by atoms with Crippen molar-refractivity contribution < 1.29 is 0 Å². The molecule has 2 fully saturated rings. The first-order chi connectivity index (χ1) is 11.8. The van der Waals surface area contributed by atoms with E-state index in [9.17, 15) is 4.79 Å². The third-order valence-electron chi connectivity index (χ3n) is 5.88. The molecule has 128 valence electrons. The second kappa shape index (κ2) is 7.26. The molecule has 0 unspecified atom stereocenters. The van der Waals surface area contributed by atoms with E-state index in [2.05, 4.69) is 16.3 Å². The molecule has 1 aromatic heterocycles. The molecule has 3 heteroatoms. The fraction of sp³-hybridized carbons (Fsp3) is 0.571. The van der Waals surface area contributed by atoms with Crippen LogP contribution >= 0.6 is 11.3 Å². The van der Waals surface area contributed by atoms with Crippen LogP contribution in [0.2, 0.25) is 0 Å². The molecule has 0 aliphatic heterocycles. The molecule has 0 radical (unpaired) electrons. The van der Waals surface area contributed by atoms with Crippen molar-refractivity contribution in [3.63, 3.8) is 0 Å². The van der Waals surface area contributed by atoms with Gasteiger partial charge in [-0.3, -0.25) is 4.79 Å². The first-order valence-corrected chi connectivity index (χ1v) is 10.5. The molecule has 0 saturated heterocycles. The standard InChI is InChI=1S/C21H27NOS/c23-21-18-13-7-8-14-20(18)24-15-19(21)22(16-9-3-1-4-10-16)17-11-5-2-6-12-17/h7-8,13-17H,1-6,9-12H2. The lowest BCUT2D eigenvalue weighted by molar-refractivity contribution is 0.339. The summed E-state index contributed by atoms with van der Waals surface area (Å²) < 4.78 is 1.11. The van der Waals surface area contributed by atoms with E-state index in [0.717, 1.165) is 15.8 Å². The minimum absolute atomic E-state index is 0.250. The second-order valence-corrected chi connectivity index (χ2v) is 8.35. The molecule has 0 N–H and O–H groups in total. The van der Waals surface area contributed by atoms with Crippen molar-refractivity contribution in [2.75, 3.05) is 4.90 Å².